The molecule has 0 aliphatic carbocycles. The van der Waals surface area contributed by atoms with Crippen molar-refractivity contribution >= 4 is 60.5 Å². The first-order valence-corrected chi connectivity index (χ1v) is 15.7. The molecule has 0 bridgehead atoms. The summed E-state index contributed by atoms with van der Waals surface area (Å²) in [7, 11) is 0. The van der Waals surface area contributed by atoms with Crippen molar-refractivity contribution in [3.05, 3.63) is 176 Å². The molecule has 0 fully saturated rings. The molecule has 9 rings (SSSR count). The first kappa shape index (κ1) is 26.3. The Kier molecular flexibility index (Phi) is 6.17. The van der Waals surface area contributed by atoms with Gasteiger partial charge in [-0.3, -0.25) is 0 Å². The van der Waals surface area contributed by atoms with Crippen molar-refractivity contribution in [3.8, 4) is 22.3 Å². The van der Waals surface area contributed by atoms with Crippen LogP contribution in [0.25, 0.3) is 65.7 Å². The maximum absolute atomic E-state index is 6.75. The van der Waals surface area contributed by atoms with Gasteiger partial charge in [0.05, 0.1) is 11.4 Å². The summed E-state index contributed by atoms with van der Waals surface area (Å²) in [5.41, 5.74) is 9.61. The lowest BCUT2D eigenvalue weighted by atomic mass is 9.99. The second kappa shape index (κ2) is 10.8. The second-order valence-corrected chi connectivity index (χ2v) is 11.7. The van der Waals surface area contributed by atoms with E-state index in [9.17, 15) is 0 Å². The molecule has 0 atom stereocenters. The molecular formula is C44H29NO. The van der Waals surface area contributed by atoms with E-state index in [0.29, 0.717) is 0 Å². The minimum Gasteiger partial charge on any atom is -0.454 e. The number of nitrogens with zero attached hydrogens (tertiary/aromatic N) is 1. The Morgan fingerprint density at radius 2 is 1.04 bits per heavy atom. The van der Waals surface area contributed by atoms with Crippen molar-refractivity contribution < 1.29 is 4.42 Å². The monoisotopic (exact) mass is 587 g/mol. The highest BCUT2D eigenvalue weighted by Gasteiger charge is 2.22. The summed E-state index contributed by atoms with van der Waals surface area (Å²) in [5.74, 6) is 0. The van der Waals surface area contributed by atoms with Gasteiger partial charge in [0.1, 0.15) is 5.58 Å². The molecule has 0 radical (unpaired) electrons. The molecule has 8 aromatic carbocycles. The standard InChI is InChI=1S/C44H29NO/c1-2-12-32(13-3-1)37-16-8-9-19-40(37)45(36-26-23-31(24-27-36)35-22-21-30-11-4-5-15-34(30)29-35)41-20-10-18-39-43-38-17-7-6-14-33(38)25-28-42(43)46-44(39)41/h1-29H. The number of furan rings is 1. The highest BCUT2D eigenvalue weighted by Crippen LogP contribution is 2.46. The summed E-state index contributed by atoms with van der Waals surface area (Å²) in [5, 5.41) is 7.16. The Labute approximate surface area is 267 Å². The predicted molar refractivity (Wildman–Crippen MR) is 194 cm³/mol. The van der Waals surface area contributed by atoms with Crippen molar-refractivity contribution in [1.29, 1.82) is 0 Å². The van der Waals surface area contributed by atoms with Crippen LogP contribution in [0.1, 0.15) is 0 Å². The van der Waals surface area contributed by atoms with Crippen LogP contribution < -0.4 is 4.90 Å². The smallest absolute Gasteiger partial charge is 0.159 e. The van der Waals surface area contributed by atoms with Crippen LogP contribution in [0.15, 0.2) is 180 Å². The minimum absolute atomic E-state index is 0.871. The molecule has 9 aromatic rings. The summed E-state index contributed by atoms with van der Waals surface area (Å²) >= 11 is 0. The number of fused-ring (bicyclic) bond motifs is 6. The Morgan fingerprint density at radius 1 is 0.391 bits per heavy atom. The lowest BCUT2D eigenvalue weighted by Crippen LogP contribution is -2.11. The van der Waals surface area contributed by atoms with E-state index >= 15 is 0 Å². The number of hydrogen-bond acceptors (Lipinski definition) is 2. The third-order valence-corrected chi connectivity index (χ3v) is 9.05. The van der Waals surface area contributed by atoms with Crippen LogP contribution in [-0.2, 0) is 0 Å². The maximum atomic E-state index is 6.75. The normalized spacial score (nSPS) is 11.5. The lowest BCUT2D eigenvalue weighted by molar-refractivity contribution is 0.669. The fourth-order valence-electron chi connectivity index (χ4n) is 6.84. The molecule has 0 aliphatic rings. The lowest BCUT2D eigenvalue weighted by Gasteiger charge is -2.28. The Hall–Kier alpha value is -6.12. The summed E-state index contributed by atoms with van der Waals surface area (Å²) in [4.78, 5) is 2.35. The van der Waals surface area contributed by atoms with E-state index in [-0.39, 0.29) is 0 Å². The molecule has 0 unspecified atom stereocenters. The van der Waals surface area contributed by atoms with Crippen LogP contribution >= 0.6 is 0 Å². The number of hydrogen-bond donors (Lipinski definition) is 0. The van der Waals surface area contributed by atoms with Gasteiger partial charge in [0.15, 0.2) is 5.58 Å². The number of para-hydroxylation sites is 2. The molecule has 46 heavy (non-hydrogen) atoms. The molecule has 0 aliphatic heterocycles. The molecular weight excluding hydrogens is 558 g/mol. The van der Waals surface area contributed by atoms with E-state index in [2.05, 4.69) is 181 Å². The molecule has 2 nitrogen and oxygen atoms in total. The van der Waals surface area contributed by atoms with Crippen LogP contribution in [0.3, 0.4) is 0 Å². The van der Waals surface area contributed by atoms with E-state index in [0.717, 1.165) is 44.6 Å². The van der Waals surface area contributed by atoms with Crippen LogP contribution in [-0.4, -0.2) is 0 Å². The van der Waals surface area contributed by atoms with E-state index in [1.165, 1.54) is 38.2 Å². The summed E-state index contributed by atoms with van der Waals surface area (Å²) in [6.45, 7) is 0. The van der Waals surface area contributed by atoms with Gasteiger partial charge >= 0.3 is 0 Å². The zero-order chi connectivity index (χ0) is 30.5. The predicted octanol–water partition coefficient (Wildman–Crippen LogP) is 12.7. The highest BCUT2D eigenvalue weighted by atomic mass is 16.3. The average molecular weight is 588 g/mol. The van der Waals surface area contributed by atoms with Crippen LogP contribution in [0, 0.1) is 0 Å². The zero-order valence-electron chi connectivity index (χ0n) is 25.1. The Bertz CT molecular complexity index is 2530. The molecule has 0 amide bonds. The second-order valence-electron chi connectivity index (χ2n) is 11.7. The van der Waals surface area contributed by atoms with Gasteiger partial charge in [-0.15, -0.1) is 0 Å². The van der Waals surface area contributed by atoms with E-state index in [4.69, 9.17) is 4.42 Å². The zero-order valence-corrected chi connectivity index (χ0v) is 25.1. The first-order valence-electron chi connectivity index (χ1n) is 15.7. The van der Waals surface area contributed by atoms with Gasteiger partial charge in [-0.2, -0.15) is 0 Å². The number of benzene rings is 8. The van der Waals surface area contributed by atoms with Crippen molar-refractivity contribution in [2.45, 2.75) is 0 Å². The summed E-state index contributed by atoms with van der Waals surface area (Å²) < 4.78 is 6.75. The molecule has 0 spiro atoms. The van der Waals surface area contributed by atoms with Crippen molar-refractivity contribution in [3.63, 3.8) is 0 Å². The minimum atomic E-state index is 0.871. The van der Waals surface area contributed by atoms with Gasteiger partial charge in [-0.05, 0) is 74.6 Å². The largest absolute Gasteiger partial charge is 0.454 e. The molecule has 0 saturated carbocycles. The molecule has 2 heteroatoms. The Balaban J connectivity index is 1.26. The van der Waals surface area contributed by atoms with E-state index < -0.39 is 0 Å². The van der Waals surface area contributed by atoms with Gasteiger partial charge < -0.3 is 9.32 Å². The molecule has 216 valence electrons. The van der Waals surface area contributed by atoms with E-state index in [1.807, 2.05) is 0 Å². The van der Waals surface area contributed by atoms with Crippen molar-refractivity contribution in [1.82, 2.24) is 0 Å². The fourth-order valence-corrected chi connectivity index (χ4v) is 6.84. The summed E-state index contributed by atoms with van der Waals surface area (Å²) in [6, 6.07) is 62.6. The van der Waals surface area contributed by atoms with Crippen molar-refractivity contribution in [2.24, 2.45) is 0 Å². The molecule has 1 heterocycles. The van der Waals surface area contributed by atoms with Crippen molar-refractivity contribution in [2.75, 3.05) is 4.90 Å². The average Bonchev–Trinajstić information content (AvgIpc) is 3.53. The van der Waals surface area contributed by atoms with E-state index in [1.54, 1.807) is 0 Å². The summed E-state index contributed by atoms with van der Waals surface area (Å²) in [6.07, 6.45) is 0. The van der Waals surface area contributed by atoms with Gasteiger partial charge in [-0.25, -0.2) is 0 Å². The molecule has 0 saturated heterocycles. The highest BCUT2D eigenvalue weighted by molar-refractivity contribution is 6.21. The molecule has 0 N–H and O–H groups in total. The van der Waals surface area contributed by atoms with Gasteiger partial charge in [0.25, 0.3) is 0 Å². The topological polar surface area (TPSA) is 16.4 Å². The van der Waals surface area contributed by atoms with Crippen LogP contribution in [0.4, 0.5) is 17.1 Å². The maximum Gasteiger partial charge on any atom is 0.159 e. The van der Waals surface area contributed by atoms with Gasteiger partial charge in [0.2, 0.25) is 0 Å². The fraction of sp³-hybridized carbons (Fsp3) is 0. The Morgan fingerprint density at radius 3 is 1.91 bits per heavy atom. The van der Waals surface area contributed by atoms with Crippen LogP contribution in [0.5, 0.6) is 0 Å². The number of anilines is 3. The first-order chi connectivity index (χ1) is 22.8. The number of rotatable bonds is 5. The molecule has 1 aromatic heterocycles. The van der Waals surface area contributed by atoms with Gasteiger partial charge in [0, 0.05) is 22.0 Å². The third kappa shape index (κ3) is 4.35. The van der Waals surface area contributed by atoms with Crippen LogP contribution in [0.2, 0.25) is 0 Å². The van der Waals surface area contributed by atoms with Gasteiger partial charge in [-0.1, -0.05) is 140 Å². The third-order valence-electron chi connectivity index (χ3n) is 9.05. The quantitative estimate of drug-likeness (QED) is 0.199. The SMILES string of the molecule is c1ccc(-c2ccccc2N(c2ccc(-c3ccc4ccccc4c3)cc2)c2cccc3c2oc2ccc4ccccc4c23)cc1.